The van der Waals surface area contributed by atoms with Crippen molar-refractivity contribution in [1.82, 2.24) is 9.78 Å². The lowest BCUT2D eigenvalue weighted by Crippen LogP contribution is -1.88. The zero-order valence-corrected chi connectivity index (χ0v) is 7.66. The molecule has 0 bridgehead atoms. The van der Waals surface area contributed by atoms with Gasteiger partial charge >= 0.3 is 0 Å². The first-order valence-corrected chi connectivity index (χ1v) is 3.73. The minimum Gasteiger partial charge on any atom is -0.256 e. The first kappa shape index (κ1) is 8.45. The molecule has 0 radical (unpaired) electrons. The third kappa shape index (κ3) is 1.50. The lowest BCUT2D eigenvalue weighted by Gasteiger charge is -1.87. The molecule has 1 aromatic heterocycles. The summed E-state index contributed by atoms with van der Waals surface area (Å²) in [7, 11) is 1.76. The van der Waals surface area contributed by atoms with Crippen LogP contribution >= 0.6 is 23.2 Å². The van der Waals surface area contributed by atoms with Crippen molar-refractivity contribution in [2.75, 3.05) is 0 Å². The Hall–Kier alpha value is -0.650. The van der Waals surface area contributed by atoms with Gasteiger partial charge in [-0.25, -0.2) is 0 Å². The maximum absolute atomic E-state index is 5.83. The number of hydrogen-bond acceptors (Lipinski definition) is 1. The monoisotopic (exact) mass is 188 g/mol. The summed E-state index contributed by atoms with van der Waals surface area (Å²) in [5, 5.41) is 6.84. The van der Waals surface area contributed by atoms with Crippen molar-refractivity contribution < 1.29 is 0 Å². The molecular weight excluding hydrogens is 183 g/mol. The zero-order valence-electron chi connectivity index (χ0n) is 6.15. The van der Waals surface area contributed by atoms with E-state index in [1.165, 1.54) is 0 Å². The highest BCUT2D eigenvalue weighted by molar-refractivity contribution is 6.32. The Morgan fingerprint density at radius 2 is 2.18 bits per heavy atom. The fourth-order valence-electron chi connectivity index (χ4n) is 0.819. The molecule has 0 amide bonds. The third-order valence-electron chi connectivity index (χ3n) is 1.32. The average Bonchev–Trinajstić information content (AvgIpc) is 2.17. The van der Waals surface area contributed by atoms with Crippen LogP contribution in [-0.4, -0.2) is 9.78 Å². The maximum Gasteiger partial charge on any atom is 0.142 e. The van der Waals surface area contributed by atoms with E-state index in [9.17, 15) is 0 Å². The number of nitrogens with zero attached hydrogens (tertiary/aromatic N) is 2. The van der Waals surface area contributed by atoms with Crippen LogP contribution in [0.2, 0.25) is 5.15 Å². The molecule has 0 fully saturated rings. The first-order chi connectivity index (χ1) is 5.16. The van der Waals surface area contributed by atoms with Gasteiger partial charge in [0.1, 0.15) is 5.15 Å². The van der Waals surface area contributed by atoms with E-state index in [4.69, 9.17) is 23.2 Å². The highest BCUT2D eigenvalue weighted by Crippen LogP contribution is 2.16. The van der Waals surface area contributed by atoms with Crippen molar-refractivity contribution in [3.63, 3.8) is 0 Å². The van der Waals surface area contributed by atoms with Crippen LogP contribution in [0.1, 0.15) is 11.3 Å². The zero-order chi connectivity index (χ0) is 8.43. The minimum atomic E-state index is 0.524. The maximum atomic E-state index is 5.83. The Bertz CT molecular complexity index is 330. The summed E-state index contributed by atoms with van der Waals surface area (Å²) in [5.74, 6) is 2.67. The topological polar surface area (TPSA) is 17.8 Å². The molecule has 0 saturated carbocycles. The molecule has 0 saturated heterocycles. The molecule has 1 aromatic rings. The van der Waals surface area contributed by atoms with Crippen LogP contribution in [0.3, 0.4) is 0 Å². The molecule has 0 unspecified atom stereocenters. The van der Waals surface area contributed by atoms with E-state index < -0.39 is 0 Å². The van der Waals surface area contributed by atoms with Crippen molar-refractivity contribution in [1.29, 1.82) is 0 Å². The van der Waals surface area contributed by atoms with Gasteiger partial charge in [-0.05, 0) is 24.4 Å². The van der Waals surface area contributed by atoms with E-state index in [1.54, 1.807) is 11.7 Å². The van der Waals surface area contributed by atoms with Crippen LogP contribution in [0.4, 0.5) is 0 Å². The summed E-state index contributed by atoms with van der Waals surface area (Å²) in [5.41, 5.74) is 1.50. The van der Waals surface area contributed by atoms with Crippen LogP contribution in [0.5, 0.6) is 0 Å². The molecule has 0 atom stereocenters. The van der Waals surface area contributed by atoms with E-state index in [0.29, 0.717) is 10.7 Å². The van der Waals surface area contributed by atoms with Crippen molar-refractivity contribution in [3.8, 4) is 11.3 Å². The molecule has 11 heavy (non-hydrogen) atoms. The molecule has 0 aromatic carbocycles. The summed E-state index contributed by atoms with van der Waals surface area (Å²) in [4.78, 5) is 0. The normalized spacial score (nSPS) is 9.09. The molecule has 1 rings (SSSR count). The molecule has 0 aliphatic rings. The molecule has 0 N–H and O–H groups in total. The van der Waals surface area contributed by atoms with Crippen LogP contribution < -0.4 is 0 Å². The second-order valence-corrected chi connectivity index (χ2v) is 2.64. The molecule has 1 heterocycles. The Morgan fingerprint density at radius 3 is 2.55 bits per heavy atom. The predicted octanol–water partition coefficient (Wildman–Crippen LogP) is 1.93. The van der Waals surface area contributed by atoms with Gasteiger partial charge < -0.3 is 0 Å². The number of halogens is 2. The quantitative estimate of drug-likeness (QED) is 0.570. The Labute approximate surface area is 75.1 Å². The van der Waals surface area contributed by atoms with E-state index in [2.05, 4.69) is 16.4 Å². The van der Waals surface area contributed by atoms with Crippen LogP contribution in [0, 0.1) is 18.2 Å². The molecule has 58 valence electrons. The van der Waals surface area contributed by atoms with Crippen LogP contribution in [0.15, 0.2) is 0 Å². The van der Waals surface area contributed by atoms with Gasteiger partial charge in [-0.3, -0.25) is 4.68 Å². The van der Waals surface area contributed by atoms with Gasteiger partial charge in [0, 0.05) is 12.4 Å². The molecule has 0 spiro atoms. The number of hydrogen-bond donors (Lipinski definition) is 0. The Kier molecular flexibility index (Phi) is 2.43. The highest BCUT2D eigenvalue weighted by atomic mass is 35.5. The summed E-state index contributed by atoms with van der Waals surface area (Å²) in [6.07, 6.45) is 0. The van der Waals surface area contributed by atoms with Crippen molar-refractivity contribution >= 4 is 23.2 Å². The summed E-state index contributed by atoms with van der Waals surface area (Å²) in [6.45, 7) is 1.84. The van der Waals surface area contributed by atoms with Crippen LogP contribution in [0.25, 0.3) is 0 Å². The van der Waals surface area contributed by atoms with Crippen LogP contribution in [-0.2, 0) is 7.05 Å². The molecule has 0 aliphatic heterocycles. The lowest BCUT2D eigenvalue weighted by molar-refractivity contribution is 0.757. The lowest BCUT2D eigenvalue weighted by atomic mass is 10.3. The fourth-order valence-corrected chi connectivity index (χ4v) is 1.14. The first-order valence-electron chi connectivity index (χ1n) is 2.97. The summed E-state index contributed by atoms with van der Waals surface area (Å²) in [6, 6.07) is 0. The molecular formula is C7H6Cl2N2. The van der Waals surface area contributed by atoms with E-state index >= 15 is 0 Å². The van der Waals surface area contributed by atoms with Gasteiger partial charge in [0.15, 0.2) is 0 Å². The van der Waals surface area contributed by atoms with Crippen molar-refractivity contribution in [2.45, 2.75) is 6.92 Å². The summed E-state index contributed by atoms with van der Waals surface area (Å²) >= 11 is 11.1. The standard InChI is InChI=1S/C7H6Cl2N2/c1-5-6(3-4-8)7(9)11(2)10-5/h1-2H3. The Morgan fingerprint density at radius 1 is 1.55 bits per heavy atom. The van der Waals surface area contributed by atoms with E-state index in [-0.39, 0.29) is 0 Å². The van der Waals surface area contributed by atoms with Crippen molar-refractivity contribution in [3.05, 3.63) is 16.4 Å². The number of rotatable bonds is 0. The molecule has 0 aliphatic carbocycles. The van der Waals surface area contributed by atoms with Gasteiger partial charge in [0.2, 0.25) is 0 Å². The fraction of sp³-hybridized carbons (Fsp3) is 0.286. The van der Waals surface area contributed by atoms with Gasteiger partial charge in [-0.15, -0.1) is 0 Å². The van der Waals surface area contributed by atoms with Gasteiger partial charge in [-0.2, -0.15) is 5.10 Å². The SMILES string of the molecule is Cc1nn(C)c(Cl)c1C#CCl. The highest BCUT2D eigenvalue weighted by Gasteiger charge is 2.07. The minimum absolute atomic E-state index is 0.524. The largest absolute Gasteiger partial charge is 0.256 e. The van der Waals surface area contributed by atoms with Gasteiger partial charge in [0.05, 0.1) is 11.3 Å². The average molecular weight is 189 g/mol. The smallest absolute Gasteiger partial charge is 0.142 e. The van der Waals surface area contributed by atoms with Crippen molar-refractivity contribution in [2.24, 2.45) is 7.05 Å². The molecule has 2 nitrogen and oxygen atoms in total. The summed E-state index contributed by atoms with van der Waals surface area (Å²) < 4.78 is 1.56. The van der Waals surface area contributed by atoms with E-state index in [1.807, 2.05) is 6.92 Å². The predicted molar refractivity (Wildman–Crippen MR) is 45.7 cm³/mol. The Balaban J connectivity index is 3.30. The van der Waals surface area contributed by atoms with Gasteiger partial charge in [0.25, 0.3) is 0 Å². The second-order valence-electron chi connectivity index (χ2n) is 2.09. The molecule has 4 heteroatoms. The van der Waals surface area contributed by atoms with E-state index in [0.717, 1.165) is 5.69 Å². The second kappa shape index (κ2) is 3.17. The number of aryl methyl sites for hydroxylation is 2. The third-order valence-corrected chi connectivity index (χ3v) is 1.85. The van der Waals surface area contributed by atoms with Gasteiger partial charge in [-0.1, -0.05) is 11.6 Å². The number of aromatic nitrogens is 2.